The summed E-state index contributed by atoms with van der Waals surface area (Å²) in [5, 5.41) is 8.78. The maximum Gasteiger partial charge on any atom is 0.137 e. The van der Waals surface area contributed by atoms with Gasteiger partial charge < -0.3 is 4.74 Å². The van der Waals surface area contributed by atoms with E-state index in [9.17, 15) is 0 Å². The third kappa shape index (κ3) is 3.31. The Morgan fingerprint density at radius 2 is 2.07 bits per heavy atom. The first kappa shape index (κ1) is 10.9. The number of nitriles is 1. The second kappa shape index (κ2) is 6.33. The molecule has 0 aromatic heterocycles. The van der Waals surface area contributed by atoms with Crippen molar-refractivity contribution in [1.82, 2.24) is 0 Å². The lowest BCUT2D eigenvalue weighted by molar-refractivity contribution is 0.309. The Balaban J connectivity index is 2.46. The van der Waals surface area contributed by atoms with E-state index in [1.807, 2.05) is 18.2 Å². The lowest BCUT2D eigenvalue weighted by Crippen LogP contribution is -1.99. The van der Waals surface area contributed by atoms with Crippen LogP contribution < -0.4 is 4.74 Å². The summed E-state index contributed by atoms with van der Waals surface area (Å²) in [5.74, 6) is 1.55. The van der Waals surface area contributed by atoms with Gasteiger partial charge in [-0.05, 0) is 30.7 Å². The quantitative estimate of drug-likeness (QED) is 0.594. The number of nitrogens with zero attached hydrogens (tertiary/aromatic N) is 1. The Labute approximate surface area is 89.9 Å². The molecule has 0 fully saturated rings. The molecule has 0 radical (unpaired) electrons. The standard InChI is InChI=1S/C11H13NOS/c12-9-10-5-1-2-6-11(10)13-7-3-4-8-14/h1-2,5-6,14H,3-4,7-8H2. The average molecular weight is 207 g/mol. The van der Waals surface area contributed by atoms with Crippen LogP contribution in [0.5, 0.6) is 5.75 Å². The minimum Gasteiger partial charge on any atom is -0.492 e. The molecule has 0 bridgehead atoms. The van der Waals surface area contributed by atoms with Crippen molar-refractivity contribution in [3.8, 4) is 11.8 Å². The van der Waals surface area contributed by atoms with Crippen LogP contribution in [-0.4, -0.2) is 12.4 Å². The zero-order chi connectivity index (χ0) is 10.2. The topological polar surface area (TPSA) is 33.0 Å². The fraction of sp³-hybridized carbons (Fsp3) is 0.364. The molecule has 1 aromatic rings. The molecule has 3 heteroatoms. The number of benzene rings is 1. The SMILES string of the molecule is N#Cc1ccccc1OCCCCS. The van der Waals surface area contributed by atoms with Crippen molar-refractivity contribution >= 4 is 12.6 Å². The van der Waals surface area contributed by atoms with E-state index in [0.29, 0.717) is 17.9 Å². The van der Waals surface area contributed by atoms with E-state index in [2.05, 4.69) is 18.7 Å². The van der Waals surface area contributed by atoms with Crippen LogP contribution in [0.4, 0.5) is 0 Å². The predicted octanol–water partition coefficient (Wildman–Crippen LogP) is 2.65. The minimum atomic E-state index is 0.596. The first-order chi connectivity index (χ1) is 6.88. The molecule has 0 saturated heterocycles. The Bertz CT molecular complexity index is 319. The van der Waals surface area contributed by atoms with Crippen LogP contribution in [0.3, 0.4) is 0 Å². The molecular weight excluding hydrogens is 194 g/mol. The van der Waals surface area contributed by atoms with Crippen molar-refractivity contribution in [2.45, 2.75) is 12.8 Å². The van der Waals surface area contributed by atoms with Crippen LogP contribution in [0, 0.1) is 11.3 Å². The van der Waals surface area contributed by atoms with Crippen LogP contribution in [0.1, 0.15) is 18.4 Å². The molecule has 0 saturated carbocycles. The summed E-state index contributed by atoms with van der Waals surface area (Å²) in [4.78, 5) is 0. The predicted molar refractivity (Wildman–Crippen MR) is 59.7 cm³/mol. The fourth-order valence-electron chi connectivity index (χ4n) is 1.08. The van der Waals surface area contributed by atoms with E-state index in [4.69, 9.17) is 10.00 Å². The summed E-state index contributed by atoms with van der Waals surface area (Å²) in [6.07, 6.45) is 2.01. The van der Waals surface area contributed by atoms with Crippen LogP contribution in [0.2, 0.25) is 0 Å². The van der Waals surface area contributed by atoms with E-state index in [1.54, 1.807) is 6.07 Å². The normalized spacial score (nSPS) is 9.43. The van der Waals surface area contributed by atoms with E-state index in [1.165, 1.54) is 0 Å². The van der Waals surface area contributed by atoms with Gasteiger partial charge in [-0.1, -0.05) is 12.1 Å². The monoisotopic (exact) mass is 207 g/mol. The lowest BCUT2D eigenvalue weighted by atomic mass is 10.2. The van der Waals surface area contributed by atoms with Gasteiger partial charge in [-0.2, -0.15) is 17.9 Å². The number of unbranched alkanes of at least 4 members (excludes halogenated alkanes) is 1. The van der Waals surface area contributed by atoms with Crippen LogP contribution >= 0.6 is 12.6 Å². The summed E-state index contributed by atoms with van der Waals surface area (Å²) in [5.41, 5.74) is 0.596. The highest BCUT2D eigenvalue weighted by Crippen LogP contribution is 2.16. The molecule has 1 aromatic carbocycles. The third-order valence-electron chi connectivity index (χ3n) is 1.82. The van der Waals surface area contributed by atoms with Crippen LogP contribution in [0.15, 0.2) is 24.3 Å². The van der Waals surface area contributed by atoms with Crippen molar-refractivity contribution in [1.29, 1.82) is 5.26 Å². The number of rotatable bonds is 5. The smallest absolute Gasteiger partial charge is 0.137 e. The Morgan fingerprint density at radius 1 is 1.29 bits per heavy atom. The highest BCUT2D eigenvalue weighted by molar-refractivity contribution is 7.80. The average Bonchev–Trinajstić information content (AvgIpc) is 2.25. The second-order valence-electron chi connectivity index (χ2n) is 2.89. The molecule has 2 nitrogen and oxygen atoms in total. The van der Waals surface area contributed by atoms with Crippen molar-refractivity contribution < 1.29 is 4.74 Å². The van der Waals surface area contributed by atoms with E-state index >= 15 is 0 Å². The zero-order valence-electron chi connectivity index (χ0n) is 7.94. The van der Waals surface area contributed by atoms with E-state index in [0.717, 1.165) is 18.6 Å². The minimum absolute atomic E-state index is 0.596. The summed E-state index contributed by atoms with van der Waals surface area (Å²) in [7, 11) is 0. The van der Waals surface area contributed by atoms with Gasteiger partial charge in [0, 0.05) is 0 Å². The molecule has 0 amide bonds. The van der Waals surface area contributed by atoms with E-state index in [-0.39, 0.29) is 0 Å². The van der Waals surface area contributed by atoms with Crippen molar-refractivity contribution in [3.05, 3.63) is 29.8 Å². The Morgan fingerprint density at radius 3 is 2.79 bits per heavy atom. The summed E-state index contributed by atoms with van der Waals surface area (Å²) in [6.45, 7) is 0.652. The van der Waals surface area contributed by atoms with Gasteiger partial charge in [-0.3, -0.25) is 0 Å². The van der Waals surface area contributed by atoms with Gasteiger partial charge in [-0.25, -0.2) is 0 Å². The molecule has 14 heavy (non-hydrogen) atoms. The molecular formula is C11H13NOS. The fourth-order valence-corrected chi connectivity index (χ4v) is 1.30. The third-order valence-corrected chi connectivity index (χ3v) is 2.13. The molecule has 0 N–H and O–H groups in total. The van der Waals surface area contributed by atoms with Crippen LogP contribution in [-0.2, 0) is 0 Å². The molecule has 0 spiro atoms. The van der Waals surface area contributed by atoms with Gasteiger partial charge in [0.15, 0.2) is 0 Å². The lowest BCUT2D eigenvalue weighted by Gasteiger charge is -2.06. The molecule has 0 aliphatic carbocycles. The van der Waals surface area contributed by atoms with Gasteiger partial charge >= 0.3 is 0 Å². The van der Waals surface area contributed by atoms with Gasteiger partial charge in [0.05, 0.1) is 12.2 Å². The van der Waals surface area contributed by atoms with Crippen molar-refractivity contribution in [2.75, 3.05) is 12.4 Å². The van der Waals surface area contributed by atoms with Gasteiger partial charge in [0.2, 0.25) is 0 Å². The number of para-hydroxylation sites is 1. The highest BCUT2D eigenvalue weighted by Gasteiger charge is 2.00. The maximum absolute atomic E-state index is 8.78. The Hall–Kier alpha value is -1.14. The van der Waals surface area contributed by atoms with Gasteiger partial charge in [-0.15, -0.1) is 0 Å². The number of thiol groups is 1. The Kier molecular flexibility index (Phi) is 4.95. The number of ether oxygens (including phenoxy) is 1. The van der Waals surface area contributed by atoms with Crippen molar-refractivity contribution in [3.63, 3.8) is 0 Å². The van der Waals surface area contributed by atoms with E-state index < -0.39 is 0 Å². The molecule has 0 unspecified atom stereocenters. The number of hydrogen-bond acceptors (Lipinski definition) is 3. The molecule has 0 heterocycles. The maximum atomic E-state index is 8.78. The van der Waals surface area contributed by atoms with Crippen LogP contribution in [0.25, 0.3) is 0 Å². The molecule has 0 aliphatic rings. The molecule has 0 aliphatic heterocycles. The van der Waals surface area contributed by atoms with Crippen molar-refractivity contribution in [2.24, 2.45) is 0 Å². The second-order valence-corrected chi connectivity index (χ2v) is 3.33. The summed E-state index contributed by atoms with van der Waals surface area (Å²) < 4.78 is 5.47. The first-order valence-corrected chi connectivity index (χ1v) is 5.24. The molecule has 1 rings (SSSR count). The summed E-state index contributed by atoms with van der Waals surface area (Å²) in [6, 6.07) is 9.38. The molecule has 74 valence electrons. The first-order valence-electron chi connectivity index (χ1n) is 4.61. The zero-order valence-corrected chi connectivity index (χ0v) is 8.83. The molecule has 0 atom stereocenters. The van der Waals surface area contributed by atoms with Gasteiger partial charge in [0.25, 0.3) is 0 Å². The number of hydrogen-bond donors (Lipinski definition) is 1. The largest absolute Gasteiger partial charge is 0.492 e. The summed E-state index contributed by atoms with van der Waals surface area (Å²) >= 11 is 4.11. The van der Waals surface area contributed by atoms with Gasteiger partial charge in [0.1, 0.15) is 11.8 Å². The highest BCUT2D eigenvalue weighted by atomic mass is 32.1.